The lowest BCUT2D eigenvalue weighted by Crippen LogP contribution is -2.35. The van der Waals surface area contributed by atoms with Gasteiger partial charge in [-0.25, -0.2) is 9.69 Å². The monoisotopic (exact) mass is 452 g/mol. The third-order valence-electron chi connectivity index (χ3n) is 4.88. The standard InChI is InChI=1S/C23H17ClN2O6/c1-13(20(27)25-12-17-3-2-10-31-17)32-23(30)14-4-9-18-19(11-14)22(29)26(21(18)28)16-7-5-15(24)6-8-16/h2-11,13H,12H2,1H3,(H,25,27). The van der Waals surface area contributed by atoms with Gasteiger partial charge in [0.2, 0.25) is 0 Å². The predicted octanol–water partition coefficient (Wildman–Crippen LogP) is 3.60. The predicted molar refractivity (Wildman–Crippen MR) is 114 cm³/mol. The van der Waals surface area contributed by atoms with Gasteiger partial charge in [0.05, 0.1) is 35.2 Å². The molecule has 3 aromatic rings. The van der Waals surface area contributed by atoms with Crippen molar-refractivity contribution in [3.63, 3.8) is 0 Å². The van der Waals surface area contributed by atoms with Crippen LogP contribution >= 0.6 is 11.6 Å². The van der Waals surface area contributed by atoms with Crippen molar-refractivity contribution in [1.82, 2.24) is 5.32 Å². The number of anilines is 1. The van der Waals surface area contributed by atoms with Gasteiger partial charge in [0, 0.05) is 5.02 Å². The Morgan fingerprint density at radius 3 is 2.47 bits per heavy atom. The van der Waals surface area contributed by atoms with Crippen LogP contribution in [0.2, 0.25) is 5.02 Å². The summed E-state index contributed by atoms with van der Waals surface area (Å²) >= 11 is 5.87. The Labute approximate surface area is 187 Å². The Kier molecular flexibility index (Phi) is 5.79. The fourth-order valence-electron chi connectivity index (χ4n) is 3.21. The number of benzene rings is 2. The lowest BCUT2D eigenvalue weighted by molar-refractivity contribution is -0.129. The first-order valence-electron chi connectivity index (χ1n) is 9.64. The van der Waals surface area contributed by atoms with Crippen molar-refractivity contribution < 1.29 is 28.3 Å². The fraction of sp³-hybridized carbons (Fsp3) is 0.130. The van der Waals surface area contributed by atoms with Crippen molar-refractivity contribution in [2.75, 3.05) is 4.90 Å². The SMILES string of the molecule is CC(OC(=O)c1ccc2c(c1)C(=O)N(c1ccc(Cl)cc1)C2=O)C(=O)NCc1ccco1. The molecule has 0 bridgehead atoms. The molecule has 1 atom stereocenters. The van der Waals surface area contributed by atoms with Crippen LogP contribution < -0.4 is 10.2 Å². The number of nitrogens with zero attached hydrogens (tertiary/aromatic N) is 1. The number of fused-ring (bicyclic) bond motifs is 1. The number of ether oxygens (including phenoxy) is 1. The van der Waals surface area contributed by atoms with E-state index in [0.29, 0.717) is 16.5 Å². The molecule has 2 aromatic carbocycles. The summed E-state index contributed by atoms with van der Waals surface area (Å²) in [4.78, 5) is 51.3. The minimum absolute atomic E-state index is 0.0496. The number of hydrogen-bond acceptors (Lipinski definition) is 6. The number of esters is 1. The summed E-state index contributed by atoms with van der Waals surface area (Å²) in [6, 6.07) is 13.7. The molecule has 9 heteroatoms. The molecule has 1 aliphatic rings. The molecule has 0 spiro atoms. The van der Waals surface area contributed by atoms with Crippen molar-refractivity contribution in [2.24, 2.45) is 0 Å². The maximum absolute atomic E-state index is 12.8. The van der Waals surface area contributed by atoms with Crippen LogP contribution in [0.5, 0.6) is 0 Å². The summed E-state index contributed by atoms with van der Waals surface area (Å²) in [5.74, 6) is -1.80. The minimum Gasteiger partial charge on any atom is -0.467 e. The molecular formula is C23H17ClN2O6. The molecule has 1 aromatic heterocycles. The molecule has 4 rings (SSSR count). The van der Waals surface area contributed by atoms with Gasteiger partial charge in [-0.1, -0.05) is 11.6 Å². The summed E-state index contributed by atoms with van der Waals surface area (Å²) in [5, 5.41) is 3.07. The van der Waals surface area contributed by atoms with E-state index in [-0.39, 0.29) is 23.2 Å². The van der Waals surface area contributed by atoms with Crippen LogP contribution in [-0.4, -0.2) is 29.8 Å². The van der Waals surface area contributed by atoms with Gasteiger partial charge >= 0.3 is 5.97 Å². The van der Waals surface area contributed by atoms with Crippen molar-refractivity contribution in [3.05, 3.63) is 88.3 Å². The van der Waals surface area contributed by atoms with E-state index >= 15 is 0 Å². The maximum Gasteiger partial charge on any atom is 0.338 e. The first-order valence-corrected chi connectivity index (χ1v) is 10.0. The molecular weight excluding hydrogens is 436 g/mol. The quantitative estimate of drug-likeness (QED) is 0.452. The van der Waals surface area contributed by atoms with Crippen molar-refractivity contribution >= 4 is 41.0 Å². The average Bonchev–Trinajstić information content (AvgIpc) is 3.39. The molecule has 2 heterocycles. The van der Waals surface area contributed by atoms with E-state index in [9.17, 15) is 19.2 Å². The lowest BCUT2D eigenvalue weighted by atomic mass is 10.1. The minimum atomic E-state index is -1.08. The zero-order chi connectivity index (χ0) is 22.8. The molecule has 162 valence electrons. The molecule has 0 saturated carbocycles. The number of furan rings is 1. The normalized spacial score (nSPS) is 13.6. The highest BCUT2D eigenvalue weighted by Crippen LogP contribution is 2.30. The van der Waals surface area contributed by atoms with Crippen molar-refractivity contribution in [3.8, 4) is 0 Å². The Morgan fingerprint density at radius 2 is 1.78 bits per heavy atom. The van der Waals surface area contributed by atoms with Gasteiger partial charge in [0.15, 0.2) is 6.10 Å². The summed E-state index contributed by atoms with van der Waals surface area (Å²) in [7, 11) is 0. The number of amides is 3. The molecule has 3 amide bonds. The molecule has 8 nitrogen and oxygen atoms in total. The first-order chi connectivity index (χ1) is 15.3. The first kappa shape index (κ1) is 21.3. The molecule has 32 heavy (non-hydrogen) atoms. The topological polar surface area (TPSA) is 106 Å². The zero-order valence-corrected chi connectivity index (χ0v) is 17.6. The molecule has 1 aliphatic heterocycles. The lowest BCUT2D eigenvalue weighted by Gasteiger charge is -2.13. The van der Waals surface area contributed by atoms with Crippen LogP contribution in [0.4, 0.5) is 5.69 Å². The van der Waals surface area contributed by atoms with Gasteiger partial charge in [-0.05, 0) is 61.5 Å². The van der Waals surface area contributed by atoms with E-state index in [0.717, 1.165) is 4.90 Å². The van der Waals surface area contributed by atoms with Crippen LogP contribution in [0.15, 0.2) is 65.3 Å². The van der Waals surface area contributed by atoms with E-state index in [1.54, 1.807) is 36.4 Å². The number of imide groups is 1. The van der Waals surface area contributed by atoms with Crippen LogP contribution in [0, 0.1) is 0 Å². The smallest absolute Gasteiger partial charge is 0.338 e. The summed E-state index contributed by atoms with van der Waals surface area (Å²) in [6.45, 7) is 1.59. The Balaban J connectivity index is 1.45. The third-order valence-corrected chi connectivity index (χ3v) is 5.13. The average molecular weight is 453 g/mol. The van der Waals surface area contributed by atoms with Crippen LogP contribution in [0.1, 0.15) is 43.8 Å². The van der Waals surface area contributed by atoms with Crippen LogP contribution in [0.3, 0.4) is 0 Å². The second-order valence-electron chi connectivity index (χ2n) is 7.03. The molecule has 0 radical (unpaired) electrons. The zero-order valence-electron chi connectivity index (χ0n) is 16.8. The van der Waals surface area contributed by atoms with E-state index in [1.807, 2.05) is 0 Å². The number of halogens is 1. The highest BCUT2D eigenvalue weighted by atomic mass is 35.5. The van der Waals surface area contributed by atoms with Gasteiger partial charge in [0.25, 0.3) is 17.7 Å². The Morgan fingerprint density at radius 1 is 1.06 bits per heavy atom. The Hall–Kier alpha value is -3.91. The Bertz CT molecular complexity index is 1200. The van der Waals surface area contributed by atoms with Gasteiger partial charge < -0.3 is 14.5 Å². The second kappa shape index (κ2) is 8.68. The fourth-order valence-corrected chi connectivity index (χ4v) is 3.33. The van der Waals surface area contributed by atoms with Gasteiger partial charge in [0.1, 0.15) is 5.76 Å². The van der Waals surface area contributed by atoms with E-state index in [1.165, 1.54) is 31.4 Å². The largest absolute Gasteiger partial charge is 0.467 e. The van der Waals surface area contributed by atoms with E-state index in [2.05, 4.69) is 5.32 Å². The number of nitrogens with one attached hydrogen (secondary N) is 1. The van der Waals surface area contributed by atoms with E-state index in [4.69, 9.17) is 20.8 Å². The van der Waals surface area contributed by atoms with Gasteiger partial charge in [-0.3, -0.25) is 14.4 Å². The van der Waals surface area contributed by atoms with E-state index < -0.39 is 29.8 Å². The summed E-state index contributed by atoms with van der Waals surface area (Å²) in [6.07, 6.45) is 0.410. The molecule has 0 aliphatic carbocycles. The van der Waals surface area contributed by atoms with Gasteiger partial charge in [-0.15, -0.1) is 0 Å². The summed E-state index contributed by atoms with van der Waals surface area (Å²) in [5.41, 5.74) is 0.667. The van der Waals surface area contributed by atoms with Crippen molar-refractivity contribution in [1.29, 1.82) is 0 Å². The second-order valence-corrected chi connectivity index (χ2v) is 7.46. The number of carbonyl (C=O) groups excluding carboxylic acids is 4. The third kappa shape index (κ3) is 4.13. The maximum atomic E-state index is 12.8. The number of rotatable bonds is 6. The number of hydrogen-bond donors (Lipinski definition) is 1. The summed E-state index contributed by atoms with van der Waals surface area (Å²) < 4.78 is 10.3. The molecule has 0 saturated heterocycles. The molecule has 1 N–H and O–H groups in total. The van der Waals surface area contributed by atoms with Crippen LogP contribution in [0.25, 0.3) is 0 Å². The molecule has 0 fully saturated rings. The molecule has 1 unspecified atom stereocenters. The highest BCUT2D eigenvalue weighted by Gasteiger charge is 2.37. The highest BCUT2D eigenvalue weighted by molar-refractivity contribution is 6.35. The van der Waals surface area contributed by atoms with Gasteiger partial charge in [-0.2, -0.15) is 0 Å². The number of carbonyl (C=O) groups is 4. The van der Waals surface area contributed by atoms with Crippen molar-refractivity contribution in [2.45, 2.75) is 19.6 Å². The van der Waals surface area contributed by atoms with Crippen LogP contribution in [-0.2, 0) is 16.1 Å².